The first-order chi connectivity index (χ1) is 10.2. The lowest BCUT2D eigenvalue weighted by Gasteiger charge is -2.07. The highest BCUT2D eigenvalue weighted by Crippen LogP contribution is 2.27. The second-order valence-electron chi connectivity index (χ2n) is 5.15. The Morgan fingerprint density at radius 2 is 1.76 bits per heavy atom. The predicted octanol–water partition coefficient (Wildman–Crippen LogP) is 2.95. The van der Waals surface area contributed by atoms with Crippen LogP contribution in [0.5, 0.6) is 5.75 Å². The molecule has 0 saturated carbocycles. The van der Waals surface area contributed by atoms with Crippen molar-refractivity contribution in [1.29, 1.82) is 0 Å². The summed E-state index contributed by atoms with van der Waals surface area (Å²) in [5, 5.41) is 2.07. The van der Waals surface area contributed by atoms with Crippen LogP contribution in [0.3, 0.4) is 0 Å². The second-order valence-corrected chi connectivity index (χ2v) is 5.15. The van der Waals surface area contributed by atoms with E-state index in [0.717, 1.165) is 33.1 Å². The molecule has 0 aliphatic carbocycles. The van der Waals surface area contributed by atoms with Crippen LogP contribution in [0.15, 0.2) is 53.3 Å². The average Bonchev–Trinajstić information content (AvgIpc) is 2.91. The molecule has 0 aliphatic heterocycles. The Morgan fingerprint density at radius 1 is 0.952 bits per heavy atom. The highest BCUT2D eigenvalue weighted by atomic mass is 16.5. The number of aryl methyl sites for hydroxylation is 1. The van der Waals surface area contributed by atoms with Gasteiger partial charge < -0.3 is 4.74 Å². The Balaban J connectivity index is 2.31. The third-order valence-electron chi connectivity index (χ3n) is 4.03. The topological polar surface area (TPSA) is 35.6 Å². The Labute approximate surface area is 120 Å². The first-order valence-corrected chi connectivity index (χ1v) is 6.77. The minimum Gasteiger partial charge on any atom is -0.497 e. The van der Waals surface area contributed by atoms with Crippen molar-refractivity contribution in [3.63, 3.8) is 0 Å². The monoisotopic (exact) mass is 278 g/mol. The number of fused-ring (bicyclic) bond motifs is 5. The van der Waals surface area contributed by atoms with E-state index in [1.54, 1.807) is 23.1 Å². The van der Waals surface area contributed by atoms with Gasteiger partial charge in [-0.3, -0.25) is 8.97 Å². The summed E-state index contributed by atoms with van der Waals surface area (Å²) in [4.78, 5) is 12.7. The largest absolute Gasteiger partial charge is 0.497 e. The Kier molecular flexibility index (Phi) is 2.36. The van der Waals surface area contributed by atoms with Gasteiger partial charge in [0.2, 0.25) is 0 Å². The zero-order chi connectivity index (χ0) is 14.6. The number of methoxy groups -OCH3 is 1. The standard InChI is InChI=1S/C17H14N2O2/c1-18-15-6-4-3-5-13(15)16-10-11-9-12(21-2)7-8-14(11)19(16)17(18)20/h3-10H,1-2H3. The molecule has 0 radical (unpaired) electrons. The first kappa shape index (κ1) is 12.0. The molecule has 21 heavy (non-hydrogen) atoms. The number of hydrogen-bond acceptors (Lipinski definition) is 2. The molecule has 2 aromatic heterocycles. The molecule has 0 aliphatic rings. The maximum Gasteiger partial charge on any atom is 0.333 e. The summed E-state index contributed by atoms with van der Waals surface area (Å²) in [6.45, 7) is 0. The maximum atomic E-state index is 12.7. The van der Waals surface area contributed by atoms with E-state index in [4.69, 9.17) is 4.74 Å². The van der Waals surface area contributed by atoms with Gasteiger partial charge in [0.05, 0.1) is 23.7 Å². The van der Waals surface area contributed by atoms with Crippen LogP contribution >= 0.6 is 0 Å². The van der Waals surface area contributed by atoms with Crippen molar-refractivity contribution in [3.8, 4) is 5.75 Å². The Morgan fingerprint density at radius 3 is 2.57 bits per heavy atom. The summed E-state index contributed by atoms with van der Waals surface area (Å²) in [6, 6.07) is 15.8. The van der Waals surface area contributed by atoms with Crippen LogP contribution in [0.4, 0.5) is 0 Å². The number of ether oxygens (including phenoxy) is 1. The van der Waals surface area contributed by atoms with E-state index in [-0.39, 0.29) is 5.69 Å². The van der Waals surface area contributed by atoms with Gasteiger partial charge in [0.15, 0.2) is 0 Å². The molecule has 0 unspecified atom stereocenters. The minimum atomic E-state index is -0.0381. The van der Waals surface area contributed by atoms with Gasteiger partial charge in [-0.15, -0.1) is 0 Å². The van der Waals surface area contributed by atoms with Gasteiger partial charge in [-0.25, -0.2) is 4.79 Å². The van der Waals surface area contributed by atoms with Crippen molar-refractivity contribution >= 4 is 27.3 Å². The summed E-state index contributed by atoms with van der Waals surface area (Å²) in [6.07, 6.45) is 0. The van der Waals surface area contributed by atoms with Crippen molar-refractivity contribution in [3.05, 3.63) is 59.0 Å². The molecular formula is C17H14N2O2. The van der Waals surface area contributed by atoms with Crippen molar-refractivity contribution in [2.75, 3.05) is 7.11 Å². The van der Waals surface area contributed by atoms with Crippen LogP contribution in [-0.4, -0.2) is 16.1 Å². The van der Waals surface area contributed by atoms with Gasteiger partial charge in [0.1, 0.15) is 5.75 Å². The highest BCUT2D eigenvalue weighted by Gasteiger charge is 2.12. The van der Waals surface area contributed by atoms with Crippen LogP contribution in [0.2, 0.25) is 0 Å². The molecule has 0 bridgehead atoms. The molecule has 4 heteroatoms. The van der Waals surface area contributed by atoms with E-state index in [1.165, 1.54) is 0 Å². The van der Waals surface area contributed by atoms with Gasteiger partial charge in [-0.05, 0) is 30.3 Å². The fraction of sp³-hybridized carbons (Fsp3) is 0.118. The quantitative estimate of drug-likeness (QED) is 0.536. The normalized spacial score (nSPS) is 11.5. The molecule has 0 amide bonds. The van der Waals surface area contributed by atoms with E-state index in [1.807, 2.05) is 48.5 Å². The van der Waals surface area contributed by atoms with Gasteiger partial charge in [0.25, 0.3) is 0 Å². The predicted molar refractivity (Wildman–Crippen MR) is 84.2 cm³/mol. The summed E-state index contributed by atoms with van der Waals surface area (Å²) >= 11 is 0. The third kappa shape index (κ3) is 1.53. The van der Waals surface area contributed by atoms with Crippen molar-refractivity contribution in [2.24, 2.45) is 7.05 Å². The van der Waals surface area contributed by atoms with E-state index in [9.17, 15) is 4.79 Å². The number of benzene rings is 2. The number of hydrogen-bond donors (Lipinski definition) is 0. The van der Waals surface area contributed by atoms with Crippen LogP contribution in [0, 0.1) is 0 Å². The van der Waals surface area contributed by atoms with Crippen LogP contribution in [0.25, 0.3) is 27.3 Å². The number of rotatable bonds is 1. The van der Waals surface area contributed by atoms with E-state index in [2.05, 4.69) is 0 Å². The van der Waals surface area contributed by atoms with E-state index in [0.29, 0.717) is 0 Å². The molecular weight excluding hydrogens is 264 g/mol. The fourth-order valence-electron chi connectivity index (χ4n) is 2.96. The Hall–Kier alpha value is -2.75. The van der Waals surface area contributed by atoms with Crippen molar-refractivity contribution in [1.82, 2.24) is 8.97 Å². The van der Waals surface area contributed by atoms with Crippen LogP contribution < -0.4 is 10.4 Å². The zero-order valence-corrected chi connectivity index (χ0v) is 11.8. The summed E-state index contributed by atoms with van der Waals surface area (Å²) in [5.74, 6) is 0.791. The lowest BCUT2D eigenvalue weighted by atomic mass is 10.2. The third-order valence-corrected chi connectivity index (χ3v) is 4.03. The van der Waals surface area contributed by atoms with Gasteiger partial charge in [0, 0.05) is 17.8 Å². The SMILES string of the molecule is COc1ccc2c(c1)cc1c3ccccc3n(C)c(=O)n21. The summed E-state index contributed by atoms with van der Waals surface area (Å²) in [5.41, 5.74) is 2.72. The minimum absolute atomic E-state index is 0.0381. The molecule has 0 atom stereocenters. The van der Waals surface area contributed by atoms with Crippen molar-refractivity contribution in [2.45, 2.75) is 0 Å². The average molecular weight is 278 g/mol. The summed E-state index contributed by atoms with van der Waals surface area (Å²) in [7, 11) is 3.45. The van der Waals surface area contributed by atoms with Crippen molar-refractivity contribution < 1.29 is 4.74 Å². The Bertz CT molecular complexity index is 1060. The zero-order valence-electron chi connectivity index (χ0n) is 11.8. The lowest BCUT2D eigenvalue weighted by molar-refractivity contribution is 0.415. The molecule has 4 rings (SSSR count). The molecule has 0 fully saturated rings. The second kappa shape index (κ2) is 4.12. The molecule has 0 N–H and O–H groups in total. The lowest BCUT2D eigenvalue weighted by Crippen LogP contribution is -2.24. The molecule has 104 valence electrons. The first-order valence-electron chi connectivity index (χ1n) is 6.77. The van der Waals surface area contributed by atoms with Gasteiger partial charge in [-0.1, -0.05) is 18.2 Å². The molecule has 4 aromatic rings. The maximum absolute atomic E-state index is 12.7. The number of nitrogens with zero attached hydrogens (tertiary/aromatic N) is 2. The molecule has 0 saturated heterocycles. The number of aromatic nitrogens is 2. The molecule has 2 heterocycles. The van der Waals surface area contributed by atoms with Crippen LogP contribution in [-0.2, 0) is 7.05 Å². The van der Waals surface area contributed by atoms with Gasteiger partial charge in [-0.2, -0.15) is 0 Å². The summed E-state index contributed by atoms with van der Waals surface area (Å²) < 4.78 is 8.71. The molecule has 4 nitrogen and oxygen atoms in total. The highest BCUT2D eigenvalue weighted by molar-refractivity contribution is 6.01. The van der Waals surface area contributed by atoms with Crippen LogP contribution in [0.1, 0.15) is 0 Å². The molecule has 2 aromatic carbocycles. The fourth-order valence-corrected chi connectivity index (χ4v) is 2.96. The van der Waals surface area contributed by atoms with Gasteiger partial charge >= 0.3 is 5.69 Å². The van der Waals surface area contributed by atoms with E-state index < -0.39 is 0 Å². The smallest absolute Gasteiger partial charge is 0.333 e. The number of para-hydroxylation sites is 1. The molecule has 0 spiro atoms. The van der Waals surface area contributed by atoms with E-state index >= 15 is 0 Å².